The Morgan fingerprint density at radius 3 is 0.983 bits per heavy atom. The van der Waals surface area contributed by atoms with Crippen molar-refractivity contribution in [2.24, 2.45) is 0 Å². The molecule has 0 aliphatic heterocycles. The van der Waals surface area contributed by atoms with Crippen molar-refractivity contribution < 1.29 is 83.9 Å². The summed E-state index contributed by atoms with van der Waals surface area (Å²) in [5.41, 5.74) is 3.28. The fourth-order valence-corrected chi connectivity index (χ4v) is 13.1. The highest BCUT2D eigenvalue weighted by atomic mass is 35.5. The number of rotatable bonds is 16. The molecule has 0 radical (unpaired) electrons. The number of halogens is 14. The van der Waals surface area contributed by atoms with E-state index in [0.717, 1.165) is 43.0 Å². The predicted octanol–water partition coefficient (Wildman–Crippen LogP) is 20.2. The second-order valence-electron chi connectivity index (χ2n) is 24.4. The number of aromatic nitrogens is 5. The van der Waals surface area contributed by atoms with E-state index in [9.17, 15) is 83.9 Å². The highest BCUT2D eigenvalue weighted by Gasteiger charge is 2.34. The molecular formula is C78H56Cl5F9N10O10S3. The number of nitrogens with zero attached hydrogens (tertiary/aromatic N) is 5. The number of carbonyl (C=O) groups excluding carboxylic acids is 4. The molecule has 12 aromatic rings. The minimum Gasteiger partial charge on any atom is -0.322 e. The maximum atomic E-state index is 12.7. The number of benzene rings is 7. The lowest BCUT2D eigenvalue weighted by Crippen LogP contribution is -2.16. The van der Waals surface area contributed by atoms with Crippen LogP contribution >= 0.6 is 58.0 Å². The van der Waals surface area contributed by atoms with E-state index in [-0.39, 0.29) is 81.5 Å². The van der Waals surface area contributed by atoms with Crippen molar-refractivity contribution in [2.45, 2.75) is 35.2 Å². The summed E-state index contributed by atoms with van der Waals surface area (Å²) in [5, 5.41) is 12.2. The Kier molecular flexibility index (Phi) is 28.1. The van der Waals surface area contributed by atoms with Gasteiger partial charge in [-0.1, -0.05) is 70.1 Å². The summed E-state index contributed by atoms with van der Waals surface area (Å²) >= 11 is 30.9. The molecule has 37 heteroatoms. The topological polar surface area (TPSA) is 295 Å². The minimum absolute atomic E-state index is 0.0721. The lowest BCUT2D eigenvalue weighted by atomic mass is 10.1. The number of sulfone groups is 2. The number of nitrogens with one attached hydrogen (secondary N) is 5. The summed E-state index contributed by atoms with van der Waals surface area (Å²) in [7, 11) is -10.1. The highest BCUT2D eigenvalue weighted by molar-refractivity contribution is 7.92. The standard InChI is InChI=1S/C20H12ClF6N3O.C20H14ClF3N2O3S.C19H15Cl2N3O3S.C19H15ClN2O3S/c1-10-13(4-7-17(29-10)20(25,26)27)18(31)30-12-3-5-15(21)14(8-12)16-6-2-11(9-28-16)19(22,23)24;1-30(28,29)15-6-2-12(3-7-15)19(27)26-14-5-8-17(21)16(10-14)18-9-4-13(11-25-18)20(22,23)24;1-28(26,27)24-13-5-7-14(17(21)11-13)19(25)23-12-6-8-16(20)15(10-12)18-4-2-3-9-22-18;1-26(24,25)15-8-5-13(6-9-15)19(23)22-14-7-10-17(20)16(12-14)18-4-2-3-11-21-18/h2-9H,1H3,(H,30,31);2-11H,1H3,(H,26,27);2-11,24H,1H3,(H,23,25);2-12H,1H3,(H,22,23). The summed E-state index contributed by atoms with van der Waals surface area (Å²) < 4.78 is 185. The number of alkyl halides is 9. The van der Waals surface area contributed by atoms with Gasteiger partial charge in [-0.05, 0) is 207 Å². The second kappa shape index (κ2) is 36.8. The third kappa shape index (κ3) is 24.6. The van der Waals surface area contributed by atoms with Gasteiger partial charge in [0, 0.05) is 99.1 Å². The molecule has 0 aliphatic carbocycles. The van der Waals surface area contributed by atoms with Crippen LogP contribution in [0.4, 0.5) is 68.0 Å². The molecule has 4 amide bonds. The molecule has 5 heterocycles. The van der Waals surface area contributed by atoms with Gasteiger partial charge in [-0.15, -0.1) is 0 Å². The molecule has 0 saturated heterocycles. The van der Waals surface area contributed by atoms with Gasteiger partial charge in [0.2, 0.25) is 10.0 Å². The zero-order valence-electron chi connectivity index (χ0n) is 59.4. The Labute approximate surface area is 676 Å². The van der Waals surface area contributed by atoms with Gasteiger partial charge in [0.15, 0.2) is 19.7 Å². The Morgan fingerprint density at radius 2 is 0.687 bits per heavy atom. The maximum absolute atomic E-state index is 12.7. The van der Waals surface area contributed by atoms with Gasteiger partial charge in [0.1, 0.15) is 5.69 Å². The van der Waals surface area contributed by atoms with Crippen molar-refractivity contribution in [1.29, 1.82) is 0 Å². The third-order valence-corrected chi connectivity index (χ3v) is 20.2. The zero-order chi connectivity index (χ0) is 84.1. The van der Waals surface area contributed by atoms with E-state index in [1.54, 1.807) is 54.9 Å². The van der Waals surface area contributed by atoms with Gasteiger partial charge in [0.05, 0.1) is 91.9 Å². The first-order chi connectivity index (χ1) is 53.9. The SMILES string of the molecule is CS(=O)(=O)Nc1ccc(C(=O)Nc2ccc(Cl)c(-c3ccccn3)c2)c(Cl)c1.CS(=O)(=O)c1ccc(C(=O)Nc2ccc(Cl)c(-c3ccc(C(F)(F)F)cn3)c2)cc1.CS(=O)(=O)c1ccc(C(=O)Nc2ccc(Cl)c(-c3ccccn3)c2)cc1.Cc1nc(C(F)(F)F)ccc1C(=O)Nc1ccc(Cl)c(-c2ccc(C(F)(F)F)cn2)c1. The van der Waals surface area contributed by atoms with E-state index in [0.29, 0.717) is 79.2 Å². The van der Waals surface area contributed by atoms with Crippen LogP contribution in [0.25, 0.3) is 45.0 Å². The van der Waals surface area contributed by atoms with Gasteiger partial charge in [-0.25, -0.2) is 30.2 Å². The normalized spacial score (nSPS) is 11.6. The van der Waals surface area contributed by atoms with Crippen molar-refractivity contribution >= 4 is 140 Å². The summed E-state index contributed by atoms with van der Waals surface area (Å²) in [6.07, 6.45) is -5.78. The van der Waals surface area contributed by atoms with Crippen LogP contribution < -0.4 is 26.0 Å². The molecule has 5 aromatic heterocycles. The molecule has 20 nitrogen and oxygen atoms in total. The number of anilines is 5. The zero-order valence-corrected chi connectivity index (χ0v) is 65.6. The smallest absolute Gasteiger partial charge is 0.322 e. The molecule has 5 N–H and O–H groups in total. The maximum Gasteiger partial charge on any atom is 0.433 e. The number of carbonyl (C=O) groups is 4. The lowest BCUT2D eigenvalue weighted by Gasteiger charge is -2.12. The molecule has 0 fully saturated rings. The Balaban J connectivity index is 0.000000176. The van der Waals surface area contributed by atoms with Crippen molar-refractivity contribution in [3.05, 3.63) is 307 Å². The van der Waals surface area contributed by atoms with Crippen molar-refractivity contribution in [3.63, 3.8) is 0 Å². The van der Waals surface area contributed by atoms with E-state index in [4.69, 9.17) is 58.0 Å². The number of amides is 4. The third-order valence-electron chi connectivity index (χ3n) is 15.7. The van der Waals surface area contributed by atoms with E-state index < -0.39 is 82.8 Å². The number of hydrogen-bond acceptors (Lipinski definition) is 15. The quantitative estimate of drug-likeness (QED) is 0.0562. The van der Waals surface area contributed by atoms with Gasteiger partial charge in [0.25, 0.3) is 23.6 Å². The van der Waals surface area contributed by atoms with Crippen LogP contribution in [0.1, 0.15) is 63.9 Å². The van der Waals surface area contributed by atoms with Crippen LogP contribution in [-0.2, 0) is 48.2 Å². The summed E-state index contributed by atoms with van der Waals surface area (Å²) in [6.45, 7) is 1.27. The molecule has 0 aliphatic rings. The molecule has 115 heavy (non-hydrogen) atoms. The van der Waals surface area contributed by atoms with Crippen LogP contribution in [0.15, 0.2) is 247 Å². The largest absolute Gasteiger partial charge is 0.433 e. The number of sulfonamides is 1. The molecule has 594 valence electrons. The van der Waals surface area contributed by atoms with E-state index >= 15 is 0 Å². The Bertz CT molecular complexity index is 5980. The monoisotopic (exact) mass is 1730 g/mol. The number of aryl methyl sites for hydroxylation is 1. The van der Waals surface area contributed by atoms with E-state index in [1.807, 2.05) is 30.3 Å². The van der Waals surface area contributed by atoms with Crippen LogP contribution in [0.5, 0.6) is 0 Å². The van der Waals surface area contributed by atoms with Gasteiger partial charge in [-0.3, -0.25) is 43.8 Å². The van der Waals surface area contributed by atoms with Gasteiger partial charge >= 0.3 is 18.5 Å². The summed E-state index contributed by atoms with van der Waals surface area (Å²) in [5.74, 6) is -2.00. The average Bonchev–Trinajstić information content (AvgIpc) is 0.830. The van der Waals surface area contributed by atoms with Crippen LogP contribution in [0, 0.1) is 6.92 Å². The fourth-order valence-electron chi connectivity index (χ4n) is 10.1. The number of pyridine rings is 5. The van der Waals surface area contributed by atoms with E-state index in [2.05, 4.69) is 50.9 Å². The van der Waals surface area contributed by atoms with Crippen molar-refractivity contribution in [1.82, 2.24) is 24.9 Å². The molecule has 0 spiro atoms. The van der Waals surface area contributed by atoms with Gasteiger partial charge in [-0.2, -0.15) is 39.5 Å². The molecule has 0 atom stereocenters. The predicted molar refractivity (Wildman–Crippen MR) is 424 cm³/mol. The number of hydrogen-bond donors (Lipinski definition) is 5. The first kappa shape index (κ1) is 87.6. The van der Waals surface area contributed by atoms with Crippen LogP contribution in [0.2, 0.25) is 25.1 Å². The molecule has 7 aromatic carbocycles. The lowest BCUT2D eigenvalue weighted by molar-refractivity contribution is -0.141. The van der Waals surface area contributed by atoms with Crippen molar-refractivity contribution in [3.8, 4) is 45.0 Å². The van der Waals surface area contributed by atoms with Gasteiger partial charge < -0.3 is 21.3 Å². The Hall–Kier alpha value is -11.4. The molecule has 0 unspecified atom stereocenters. The summed E-state index contributed by atoms with van der Waals surface area (Å²) in [4.78, 5) is 69.7. The van der Waals surface area contributed by atoms with Crippen molar-refractivity contribution in [2.75, 3.05) is 44.8 Å². The molecular weight excluding hydrogens is 1680 g/mol. The van der Waals surface area contributed by atoms with Crippen LogP contribution in [-0.4, -0.2) is 92.6 Å². The Morgan fingerprint density at radius 1 is 0.348 bits per heavy atom. The molecule has 0 saturated carbocycles. The first-order valence-electron chi connectivity index (χ1n) is 32.6. The second-order valence-corrected chi connectivity index (χ2v) is 32.2. The molecule has 12 rings (SSSR count). The van der Waals surface area contributed by atoms with Crippen LogP contribution in [0.3, 0.4) is 0 Å². The minimum atomic E-state index is -4.64. The average molecular weight is 1740 g/mol. The van der Waals surface area contributed by atoms with E-state index in [1.165, 1.54) is 116 Å². The fraction of sp³-hybridized carbons (Fsp3) is 0.0897. The summed E-state index contributed by atoms with van der Waals surface area (Å²) in [6, 6.07) is 51.1. The first-order valence-corrected chi connectivity index (χ1v) is 40.2. The molecule has 0 bridgehead atoms. The highest BCUT2D eigenvalue weighted by Crippen LogP contribution is 2.38.